The molecule has 0 amide bonds. The zero-order valence-electron chi connectivity index (χ0n) is 7.96. The number of alkyl halides is 1. The summed E-state index contributed by atoms with van der Waals surface area (Å²) in [6.07, 6.45) is 1.14. The summed E-state index contributed by atoms with van der Waals surface area (Å²) < 4.78 is 0. The van der Waals surface area contributed by atoms with E-state index in [0.29, 0.717) is 0 Å². The lowest BCUT2D eigenvalue weighted by atomic mass is 10.4. The van der Waals surface area contributed by atoms with Crippen molar-refractivity contribution in [1.29, 1.82) is 0 Å². The first kappa shape index (κ1) is 10.9. The molecule has 0 unspecified atom stereocenters. The minimum Gasteiger partial charge on any atom is -0.346 e. The van der Waals surface area contributed by atoms with Crippen LogP contribution in [0.3, 0.4) is 0 Å². The molecule has 1 aromatic rings. The molecule has 0 N–H and O–H groups in total. The molecular formula is C8H14BrN3S. The maximum Gasteiger partial charge on any atom is 0.208 e. The molecule has 0 aliphatic rings. The van der Waals surface area contributed by atoms with E-state index >= 15 is 0 Å². The van der Waals surface area contributed by atoms with Crippen LogP contribution in [0.2, 0.25) is 0 Å². The van der Waals surface area contributed by atoms with Crippen LogP contribution in [0.15, 0.2) is 0 Å². The van der Waals surface area contributed by atoms with Gasteiger partial charge in [0, 0.05) is 18.4 Å². The number of anilines is 1. The smallest absolute Gasteiger partial charge is 0.208 e. The van der Waals surface area contributed by atoms with E-state index in [1.807, 2.05) is 6.92 Å². The van der Waals surface area contributed by atoms with E-state index in [2.05, 4.69) is 38.0 Å². The topological polar surface area (TPSA) is 29.0 Å². The Bertz CT molecular complexity index is 245. The highest BCUT2D eigenvalue weighted by Crippen LogP contribution is 2.19. The second-order valence-corrected chi connectivity index (χ2v) is 4.73. The number of halogens is 1. The van der Waals surface area contributed by atoms with Crippen molar-refractivity contribution in [2.24, 2.45) is 0 Å². The first-order chi connectivity index (χ1) is 6.27. The fourth-order valence-corrected chi connectivity index (χ4v) is 2.26. The zero-order valence-corrected chi connectivity index (χ0v) is 10.4. The van der Waals surface area contributed by atoms with Crippen molar-refractivity contribution in [3.05, 3.63) is 5.01 Å². The van der Waals surface area contributed by atoms with E-state index < -0.39 is 0 Å². The van der Waals surface area contributed by atoms with Gasteiger partial charge in [-0.1, -0.05) is 34.2 Å². The van der Waals surface area contributed by atoms with Gasteiger partial charge >= 0.3 is 0 Å². The molecule has 0 aliphatic heterocycles. The molecular weight excluding hydrogens is 250 g/mol. The Balaban J connectivity index is 2.63. The van der Waals surface area contributed by atoms with Crippen molar-refractivity contribution in [3.8, 4) is 0 Å². The van der Waals surface area contributed by atoms with Gasteiger partial charge in [0.1, 0.15) is 5.01 Å². The summed E-state index contributed by atoms with van der Waals surface area (Å²) in [5, 5.41) is 11.2. The molecule has 0 fully saturated rings. The highest BCUT2D eigenvalue weighted by molar-refractivity contribution is 9.09. The van der Waals surface area contributed by atoms with Crippen molar-refractivity contribution in [2.75, 3.05) is 23.3 Å². The third kappa shape index (κ3) is 3.23. The fraction of sp³-hybridized carbons (Fsp3) is 0.750. The summed E-state index contributed by atoms with van der Waals surface area (Å²) in [6.45, 7) is 6.22. The Morgan fingerprint density at radius 3 is 2.62 bits per heavy atom. The second-order valence-electron chi connectivity index (χ2n) is 2.78. The molecule has 1 rings (SSSR count). The van der Waals surface area contributed by atoms with Gasteiger partial charge in [-0.05, 0) is 13.3 Å². The highest BCUT2D eigenvalue weighted by atomic mass is 79.9. The summed E-state index contributed by atoms with van der Waals surface area (Å²) >= 11 is 5.10. The van der Waals surface area contributed by atoms with Crippen LogP contribution in [-0.4, -0.2) is 28.6 Å². The van der Waals surface area contributed by atoms with Crippen LogP contribution in [0.5, 0.6) is 0 Å². The zero-order chi connectivity index (χ0) is 9.68. The molecule has 74 valence electrons. The summed E-state index contributed by atoms with van der Waals surface area (Å²) in [5.41, 5.74) is 0. The monoisotopic (exact) mass is 263 g/mol. The van der Waals surface area contributed by atoms with Crippen LogP contribution >= 0.6 is 27.3 Å². The van der Waals surface area contributed by atoms with Crippen molar-refractivity contribution in [2.45, 2.75) is 20.3 Å². The number of rotatable bonds is 5. The number of hydrogen-bond donors (Lipinski definition) is 0. The van der Waals surface area contributed by atoms with Gasteiger partial charge in [-0.15, -0.1) is 10.2 Å². The van der Waals surface area contributed by atoms with Gasteiger partial charge in [0.15, 0.2) is 0 Å². The van der Waals surface area contributed by atoms with Crippen molar-refractivity contribution < 1.29 is 0 Å². The Hall–Kier alpha value is -0.160. The Labute approximate surface area is 91.3 Å². The van der Waals surface area contributed by atoms with Gasteiger partial charge in [0.25, 0.3) is 0 Å². The lowest BCUT2D eigenvalue weighted by Gasteiger charge is -2.18. The van der Waals surface area contributed by atoms with Gasteiger partial charge in [-0.3, -0.25) is 0 Å². The largest absolute Gasteiger partial charge is 0.346 e. The molecule has 3 nitrogen and oxygen atoms in total. The van der Waals surface area contributed by atoms with Crippen molar-refractivity contribution >= 4 is 32.4 Å². The first-order valence-corrected chi connectivity index (χ1v) is 6.32. The molecule has 0 radical (unpaired) electrons. The predicted molar refractivity (Wildman–Crippen MR) is 60.9 cm³/mol. The van der Waals surface area contributed by atoms with Crippen LogP contribution < -0.4 is 4.90 Å². The molecule has 0 aromatic carbocycles. The predicted octanol–water partition coefficient (Wildman–Crippen LogP) is 2.46. The van der Waals surface area contributed by atoms with Crippen molar-refractivity contribution in [3.63, 3.8) is 0 Å². The first-order valence-electron chi connectivity index (χ1n) is 4.39. The summed E-state index contributed by atoms with van der Waals surface area (Å²) in [5.74, 6) is 0. The lowest BCUT2D eigenvalue weighted by molar-refractivity contribution is 0.785. The van der Waals surface area contributed by atoms with Crippen LogP contribution in [0.4, 0.5) is 5.13 Å². The molecule has 0 spiro atoms. The molecule has 0 aliphatic carbocycles. The molecule has 0 atom stereocenters. The maximum absolute atomic E-state index is 4.13. The van der Waals surface area contributed by atoms with Crippen LogP contribution in [-0.2, 0) is 0 Å². The normalized spacial score (nSPS) is 10.4. The lowest BCUT2D eigenvalue weighted by Crippen LogP contribution is -2.25. The fourth-order valence-electron chi connectivity index (χ4n) is 1.09. The minimum atomic E-state index is 0.978. The second kappa shape index (κ2) is 5.54. The standard InChI is InChI=1S/C8H14BrN3S/c1-3-5-12(6-4-9)8-11-10-7(2)13-8/h3-6H2,1-2H3. The molecule has 0 bridgehead atoms. The quantitative estimate of drug-likeness (QED) is 0.765. The van der Waals surface area contributed by atoms with Gasteiger partial charge in [0.05, 0.1) is 0 Å². The van der Waals surface area contributed by atoms with Gasteiger partial charge in [0.2, 0.25) is 5.13 Å². The van der Waals surface area contributed by atoms with Crippen LogP contribution in [0.1, 0.15) is 18.4 Å². The molecule has 1 heterocycles. The van der Waals surface area contributed by atoms with E-state index in [9.17, 15) is 0 Å². The number of nitrogens with zero attached hydrogens (tertiary/aromatic N) is 3. The van der Waals surface area contributed by atoms with Crippen molar-refractivity contribution in [1.82, 2.24) is 10.2 Å². The van der Waals surface area contributed by atoms with E-state index in [1.165, 1.54) is 0 Å². The number of aryl methyl sites for hydroxylation is 1. The minimum absolute atomic E-state index is 0.978. The Morgan fingerprint density at radius 1 is 1.38 bits per heavy atom. The van der Waals surface area contributed by atoms with Gasteiger partial charge in [-0.2, -0.15) is 0 Å². The number of aromatic nitrogens is 2. The average molecular weight is 264 g/mol. The molecule has 5 heteroatoms. The highest BCUT2D eigenvalue weighted by Gasteiger charge is 2.08. The SMILES string of the molecule is CCCN(CCBr)c1nnc(C)s1. The summed E-state index contributed by atoms with van der Waals surface area (Å²) in [6, 6.07) is 0. The van der Waals surface area contributed by atoms with E-state index in [4.69, 9.17) is 0 Å². The van der Waals surface area contributed by atoms with Gasteiger partial charge in [-0.25, -0.2) is 0 Å². The van der Waals surface area contributed by atoms with E-state index in [1.54, 1.807) is 11.3 Å². The Morgan fingerprint density at radius 2 is 2.15 bits per heavy atom. The molecule has 0 saturated carbocycles. The molecule has 1 aromatic heterocycles. The van der Waals surface area contributed by atoms with E-state index in [0.717, 1.165) is 35.0 Å². The summed E-state index contributed by atoms with van der Waals surface area (Å²) in [4.78, 5) is 2.26. The molecule has 13 heavy (non-hydrogen) atoms. The third-order valence-electron chi connectivity index (χ3n) is 1.63. The van der Waals surface area contributed by atoms with E-state index in [-0.39, 0.29) is 0 Å². The Kier molecular flexibility index (Phi) is 4.66. The average Bonchev–Trinajstić information content (AvgIpc) is 2.51. The van der Waals surface area contributed by atoms with Crippen LogP contribution in [0, 0.1) is 6.92 Å². The van der Waals surface area contributed by atoms with Gasteiger partial charge < -0.3 is 4.90 Å². The molecule has 0 saturated heterocycles. The third-order valence-corrected chi connectivity index (χ3v) is 2.89. The number of hydrogen-bond acceptors (Lipinski definition) is 4. The maximum atomic E-state index is 4.13. The van der Waals surface area contributed by atoms with Crippen LogP contribution in [0.25, 0.3) is 0 Å². The summed E-state index contributed by atoms with van der Waals surface area (Å²) in [7, 11) is 0.